The van der Waals surface area contributed by atoms with Gasteiger partial charge in [0.15, 0.2) is 0 Å². The second-order valence-electron chi connectivity index (χ2n) is 7.22. The molecule has 0 aromatic heterocycles. The fourth-order valence-corrected chi connectivity index (χ4v) is 2.97. The highest BCUT2D eigenvalue weighted by atomic mass is 16.5. The number of carboxylic acid groups (broad SMARTS) is 1. The lowest BCUT2D eigenvalue weighted by molar-refractivity contribution is -0.142. The number of ether oxygens (including phenoxy) is 1. The summed E-state index contributed by atoms with van der Waals surface area (Å²) in [6, 6.07) is 9.36. The van der Waals surface area contributed by atoms with Gasteiger partial charge in [0.05, 0.1) is 6.61 Å². The quantitative estimate of drug-likeness (QED) is 0.387. The molecule has 7 heteroatoms. The van der Waals surface area contributed by atoms with E-state index in [0.29, 0.717) is 12.8 Å². The fourth-order valence-electron chi connectivity index (χ4n) is 2.97. The molecule has 7 nitrogen and oxygen atoms in total. The van der Waals surface area contributed by atoms with Gasteiger partial charge in [-0.25, -0.2) is 4.79 Å². The standard InChI is InChI=1S/C23H30O7/c1-2-19(24)8-9-21(26)15-18(14-17-6-4-3-5-7-17)22(27)11-10-20(25)12-13-30-16-23(28)29/h3-7,18H,2,8-16H2,1H3,(H,28,29)/t18-/m1/s1. The first-order valence-corrected chi connectivity index (χ1v) is 10.2. The minimum Gasteiger partial charge on any atom is -0.480 e. The second kappa shape index (κ2) is 14.3. The smallest absolute Gasteiger partial charge is 0.329 e. The maximum atomic E-state index is 12.7. The highest BCUT2D eigenvalue weighted by Crippen LogP contribution is 2.18. The number of hydrogen-bond acceptors (Lipinski definition) is 6. The highest BCUT2D eigenvalue weighted by molar-refractivity contribution is 5.92. The van der Waals surface area contributed by atoms with Crippen LogP contribution in [0.2, 0.25) is 0 Å². The van der Waals surface area contributed by atoms with Gasteiger partial charge in [0.2, 0.25) is 0 Å². The highest BCUT2D eigenvalue weighted by Gasteiger charge is 2.23. The third-order valence-corrected chi connectivity index (χ3v) is 4.73. The maximum absolute atomic E-state index is 12.7. The number of carbonyl (C=O) groups excluding carboxylic acids is 4. The fraction of sp³-hybridized carbons (Fsp3) is 0.522. The minimum atomic E-state index is -1.10. The summed E-state index contributed by atoms with van der Waals surface area (Å²) in [7, 11) is 0. The van der Waals surface area contributed by atoms with Gasteiger partial charge in [0.25, 0.3) is 0 Å². The first kappa shape index (κ1) is 25.4. The van der Waals surface area contributed by atoms with Crippen LogP contribution in [0.25, 0.3) is 0 Å². The molecule has 1 N–H and O–H groups in total. The van der Waals surface area contributed by atoms with Gasteiger partial charge in [0, 0.05) is 50.9 Å². The Balaban J connectivity index is 2.58. The van der Waals surface area contributed by atoms with Crippen LogP contribution in [0.15, 0.2) is 30.3 Å². The Kier molecular flexibility index (Phi) is 12.1. The summed E-state index contributed by atoms with van der Waals surface area (Å²) in [6.45, 7) is 1.28. The molecule has 30 heavy (non-hydrogen) atoms. The van der Waals surface area contributed by atoms with E-state index in [0.717, 1.165) is 5.56 Å². The van der Waals surface area contributed by atoms with E-state index >= 15 is 0 Å². The van der Waals surface area contributed by atoms with Crippen molar-refractivity contribution in [2.24, 2.45) is 5.92 Å². The van der Waals surface area contributed by atoms with Crippen molar-refractivity contribution < 1.29 is 33.8 Å². The third-order valence-electron chi connectivity index (χ3n) is 4.73. The van der Waals surface area contributed by atoms with Gasteiger partial charge >= 0.3 is 5.97 Å². The van der Waals surface area contributed by atoms with Crippen molar-refractivity contribution in [3.8, 4) is 0 Å². The molecule has 0 saturated heterocycles. The summed E-state index contributed by atoms with van der Waals surface area (Å²) in [6.07, 6.45) is 1.27. The van der Waals surface area contributed by atoms with E-state index in [9.17, 15) is 24.0 Å². The van der Waals surface area contributed by atoms with Crippen molar-refractivity contribution in [1.29, 1.82) is 0 Å². The van der Waals surface area contributed by atoms with Crippen LogP contribution in [0.3, 0.4) is 0 Å². The summed E-state index contributed by atoms with van der Waals surface area (Å²) in [5.41, 5.74) is 0.932. The molecule has 0 amide bonds. The van der Waals surface area contributed by atoms with Crippen molar-refractivity contribution in [3.05, 3.63) is 35.9 Å². The number of ketones is 4. The summed E-state index contributed by atoms with van der Waals surface area (Å²) >= 11 is 0. The minimum absolute atomic E-state index is 0.00326. The summed E-state index contributed by atoms with van der Waals surface area (Å²) in [4.78, 5) is 58.8. The Bertz CT molecular complexity index is 724. The molecule has 1 rings (SSSR count). The van der Waals surface area contributed by atoms with Gasteiger partial charge in [-0.1, -0.05) is 37.3 Å². The number of hydrogen-bond donors (Lipinski definition) is 1. The number of aliphatic carboxylic acids is 1. The van der Waals surface area contributed by atoms with E-state index in [2.05, 4.69) is 0 Å². The lowest BCUT2D eigenvalue weighted by Gasteiger charge is -2.15. The Labute approximate surface area is 176 Å². The lowest BCUT2D eigenvalue weighted by Crippen LogP contribution is -2.22. The number of Topliss-reactive ketones (excluding diaryl/α,β-unsaturated/α-hetero) is 4. The topological polar surface area (TPSA) is 115 Å². The molecule has 0 saturated carbocycles. The van der Waals surface area contributed by atoms with E-state index in [-0.39, 0.29) is 68.3 Å². The Hall–Kier alpha value is -2.67. The van der Waals surface area contributed by atoms with Gasteiger partial charge in [-0.3, -0.25) is 19.2 Å². The van der Waals surface area contributed by atoms with Crippen LogP contribution in [-0.2, 0) is 35.1 Å². The zero-order chi connectivity index (χ0) is 22.4. The first-order valence-electron chi connectivity index (χ1n) is 10.2. The second-order valence-corrected chi connectivity index (χ2v) is 7.22. The first-order chi connectivity index (χ1) is 14.3. The number of rotatable bonds is 17. The monoisotopic (exact) mass is 418 g/mol. The number of carboxylic acids is 1. The van der Waals surface area contributed by atoms with Gasteiger partial charge in [0.1, 0.15) is 29.7 Å². The van der Waals surface area contributed by atoms with E-state index in [1.165, 1.54) is 0 Å². The number of carbonyl (C=O) groups is 5. The Morgan fingerprint density at radius 1 is 0.867 bits per heavy atom. The van der Waals surface area contributed by atoms with Crippen molar-refractivity contribution in [1.82, 2.24) is 0 Å². The summed E-state index contributed by atoms with van der Waals surface area (Å²) in [5, 5.41) is 8.49. The molecule has 0 fully saturated rings. The molecular formula is C23H30O7. The largest absolute Gasteiger partial charge is 0.480 e. The van der Waals surface area contributed by atoms with Crippen molar-refractivity contribution >= 4 is 29.1 Å². The van der Waals surface area contributed by atoms with Crippen LogP contribution >= 0.6 is 0 Å². The van der Waals surface area contributed by atoms with Gasteiger partial charge in [-0.15, -0.1) is 0 Å². The molecule has 0 unspecified atom stereocenters. The molecule has 1 atom stereocenters. The molecular weight excluding hydrogens is 388 g/mol. The predicted octanol–water partition coefficient (Wildman–Crippen LogP) is 2.97. The molecule has 0 aliphatic heterocycles. The van der Waals surface area contributed by atoms with E-state index in [1.807, 2.05) is 30.3 Å². The van der Waals surface area contributed by atoms with Gasteiger partial charge < -0.3 is 9.84 Å². The summed E-state index contributed by atoms with van der Waals surface area (Å²) in [5.74, 6) is -2.09. The van der Waals surface area contributed by atoms with Gasteiger partial charge in [-0.2, -0.15) is 0 Å². The molecule has 0 bridgehead atoms. The zero-order valence-electron chi connectivity index (χ0n) is 17.4. The van der Waals surface area contributed by atoms with Crippen LogP contribution in [0.1, 0.15) is 57.4 Å². The Morgan fingerprint density at radius 2 is 1.50 bits per heavy atom. The molecule has 0 heterocycles. The van der Waals surface area contributed by atoms with Crippen molar-refractivity contribution in [2.45, 2.75) is 58.3 Å². The number of benzene rings is 1. The molecule has 0 radical (unpaired) electrons. The van der Waals surface area contributed by atoms with Crippen molar-refractivity contribution in [3.63, 3.8) is 0 Å². The molecule has 164 valence electrons. The molecule has 1 aromatic rings. The third kappa shape index (κ3) is 11.4. The lowest BCUT2D eigenvalue weighted by atomic mass is 9.87. The molecule has 0 aliphatic carbocycles. The van der Waals surface area contributed by atoms with Gasteiger partial charge in [-0.05, 0) is 12.0 Å². The molecule has 0 aliphatic rings. The predicted molar refractivity (Wildman–Crippen MR) is 110 cm³/mol. The average molecular weight is 418 g/mol. The Morgan fingerprint density at radius 3 is 2.13 bits per heavy atom. The normalized spacial score (nSPS) is 11.6. The van der Waals surface area contributed by atoms with Crippen molar-refractivity contribution in [2.75, 3.05) is 13.2 Å². The van der Waals surface area contributed by atoms with Crippen LogP contribution in [0.5, 0.6) is 0 Å². The van der Waals surface area contributed by atoms with Crippen LogP contribution < -0.4 is 0 Å². The van der Waals surface area contributed by atoms with E-state index < -0.39 is 18.5 Å². The van der Waals surface area contributed by atoms with Crippen LogP contribution in [-0.4, -0.2) is 47.4 Å². The molecule has 1 aromatic carbocycles. The summed E-state index contributed by atoms with van der Waals surface area (Å²) < 4.78 is 4.83. The average Bonchev–Trinajstić information content (AvgIpc) is 2.73. The van der Waals surface area contributed by atoms with Crippen LogP contribution in [0, 0.1) is 5.92 Å². The van der Waals surface area contributed by atoms with Crippen LogP contribution in [0.4, 0.5) is 0 Å². The maximum Gasteiger partial charge on any atom is 0.329 e. The molecule has 0 spiro atoms. The SMILES string of the molecule is CCC(=O)CCC(=O)C[C@@H](Cc1ccccc1)C(=O)CCC(=O)CCOCC(=O)O. The van der Waals surface area contributed by atoms with E-state index in [1.54, 1.807) is 6.92 Å². The van der Waals surface area contributed by atoms with E-state index in [4.69, 9.17) is 9.84 Å². The zero-order valence-corrected chi connectivity index (χ0v) is 17.4.